The van der Waals surface area contributed by atoms with Crippen LogP contribution in [0.25, 0.3) is 0 Å². The number of hydrogen-bond acceptors (Lipinski definition) is 5. The van der Waals surface area contributed by atoms with Crippen LogP contribution in [-0.2, 0) is 6.54 Å². The van der Waals surface area contributed by atoms with Crippen molar-refractivity contribution in [3.05, 3.63) is 16.1 Å². The van der Waals surface area contributed by atoms with E-state index in [4.69, 9.17) is 0 Å². The fourth-order valence-corrected chi connectivity index (χ4v) is 3.77. The van der Waals surface area contributed by atoms with Gasteiger partial charge in [0.2, 0.25) is 0 Å². The van der Waals surface area contributed by atoms with Crippen molar-refractivity contribution < 1.29 is 4.79 Å². The first kappa shape index (κ1) is 17.4. The zero-order valence-corrected chi connectivity index (χ0v) is 15.0. The maximum absolute atomic E-state index is 12.4. The highest BCUT2D eigenvalue weighted by atomic mass is 32.1. The third kappa shape index (κ3) is 4.76. The van der Waals surface area contributed by atoms with Gasteiger partial charge in [-0.25, -0.2) is 4.98 Å². The van der Waals surface area contributed by atoms with Gasteiger partial charge >= 0.3 is 0 Å². The molecule has 1 aromatic heterocycles. The Morgan fingerprint density at radius 3 is 2.55 bits per heavy atom. The number of thiazole rings is 1. The lowest BCUT2D eigenvalue weighted by Crippen LogP contribution is -2.38. The number of nitrogens with zero attached hydrogens (tertiary/aromatic N) is 4. The minimum absolute atomic E-state index is 0.0288. The van der Waals surface area contributed by atoms with Gasteiger partial charge < -0.3 is 14.7 Å². The minimum atomic E-state index is 0.0288. The van der Waals surface area contributed by atoms with Crippen LogP contribution in [0.15, 0.2) is 5.38 Å². The number of likely N-dealkylation sites (N-methyl/N-ethyl adjacent to an activating group) is 2. The van der Waals surface area contributed by atoms with Crippen LogP contribution in [0.1, 0.15) is 41.2 Å². The zero-order valence-electron chi connectivity index (χ0n) is 14.2. The van der Waals surface area contributed by atoms with Gasteiger partial charge in [0.15, 0.2) is 0 Å². The van der Waals surface area contributed by atoms with Gasteiger partial charge in [0.1, 0.15) is 10.7 Å². The van der Waals surface area contributed by atoms with Gasteiger partial charge in [0.25, 0.3) is 5.91 Å². The first-order valence-corrected chi connectivity index (χ1v) is 8.90. The van der Waals surface area contributed by atoms with Gasteiger partial charge in [-0.15, -0.1) is 11.3 Å². The third-order valence-corrected chi connectivity index (χ3v) is 5.14. The highest BCUT2D eigenvalue weighted by molar-refractivity contribution is 7.09. The SMILES string of the molecule is CN(C)Cc1nc(C(=O)N(C)CCN(C)C2CCCC2)cs1. The third-order valence-electron chi connectivity index (χ3n) is 4.31. The fourth-order valence-electron chi connectivity index (χ4n) is 2.88. The molecule has 1 saturated carbocycles. The molecule has 2 rings (SSSR count). The molecule has 1 amide bonds. The molecule has 0 saturated heterocycles. The normalized spacial score (nSPS) is 15.9. The number of aromatic nitrogens is 1. The molecule has 0 bridgehead atoms. The Kier molecular flexibility index (Phi) is 6.35. The van der Waals surface area contributed by atoms with Crippen molar-refractivity contribution in [3.8, 4) is 0 Å². The number of carbonyl (C=O) groups is 1. The van der Waals surface area contributed by atoms with Crippen LogP contribution in [0.4, 0.5) is 0 Å². The second kappa shape index (κ2) is 8.04. The number of rotatable bonds is 7. The van der Waals surface area contributed by atoms with E-state index in [9.17, 15) is 4.79 Å². The number of amides is 1. The average Bonchev–Trinajstić information content (AvgIpc) is 3.14. The molecule has 5 nitrogen and oxygen atoms in total. The molecule has 6 heteroatoms. The summed E-state index contributed by atoms with van der Waals surface area (Å²) in [7, 11) is 8.06. The molecule has 0 spiro atoms. The van der Waals surface area contributed by atoms with Crippen molar-refractivity contribution in [2.45, 2.75) is 38.3 Å². The lowest BCUT2D eigenvalue weighted by Gasteiger charge is -2.26. The first-order valence-electron chi connectivity index (χ1n) is 8.02. The van der Waals surface area contributed by atoms with Gasteiger partial charge in [-0.1, -0.05) is 12.8 Å². The van der Waals surface area contributed by atoms with Crippen LogP contribution >= 0.6 is 11.3 Å². The van der Waals surface area contributed by atoms with Gasteiger partial charge in [0.05, 0.1) is 0 Å². The van der Waals surface area contributed by atoms with Crippen molar-refractivity contribution in [3.63, 3.8) is 0 Å². The minimum Gasteiger partial charge on any atom is -0.339 e. The predicted molar refractivity (Wildman–Crippen MR) is 91.4 cm³/mol. The summed E-state index contributed by atoms with van der Waals surface area (Å²) in [6.07, 6.45) is 5.29. The van der Waals surface area contributed by atoms with Crippen LogP contribution in [0.5, 0.6) is 0 Å². The van der Waals surface area contributed by atoms with E-state index in [2.05, 4.69) is 21.8 Å². The molecule has 0 N–H and O–H groups in total. The second-order valence-electron chi connectivity index (χ2n) is 6.51. The molecule has 124 valence electrons. The van der Waals surface area contributed by atoms with Gasteiger partial charge in [-0.05, 0) is 34.0 Å². The van der Waals surface area contributed by atoms with Gasteiger partial charge in [-0.2, -0.15) is 0 Å². The van der Waals surface area contributed by atoms with Crippen molar-refractivity contribution in [2.75, 3.05) is 41.3 Å². The van der Waals surface area contributed by atoms with Crippen LogP contribution in [-0.4, -0.2) is 72.9 Å². The maximum Gasteiger partial charge on any atom is 0.273 e. The number of hydrogen-bond donors (Lipinski definition) is 0. The topological polar surface area (TPSA) is 39.7 Å². The van der Waals surface area contributed by atoms with E-state index in [-0.39, 0.29) is 5.91 Å². The number of carbonyl (C=O) groups excluding carboxylic acids is 1. The van der Waals surface area contributed by atoms with E-state index in [0.717, 1.165) is 24.6 Å². The molecule has 0 aliphatic heterocycles. The molecule has 0 aromatic carbocycles. The molecule has 1 aliphatic carbocycles. The average molecular weight is 324 g/mol. The monoisotopic (exact) mass is 324 g/mol. The van der Waals surface area contributed by atoms with E-state index in [1.165, 1.54) is 25.7 Å². The Hall–Kier alpha value is -0.980. The smallest absolute Gasteiger partial charge is 0.273 e. The molecule has 1 aliphatic rings. The highest BCUT2D eigenvalue weighted by Gasteiger charge is 2.21. The largest absolute Gasteiger partial charge is 0.339 e. The summed E-state index contributed by atoms with van der Waals surface area (Å²) >= 11 is 1.56. The van der Waals surface area contributed by atoms with Crippen molar-refractivity contribution in [2.24, 2.45) is 0 Å². The van der Waals surface area contributed by atoms with E-state index in [1.54, 1.807) is 16.2 Å². The first-order chi connectivity index (χ1) is 10.5. The summed E-state index contributed by atoms with van der Waals surface area (Å²) in [6, 6.07) is 0.703. The Bertz CT molecular complexity index is 482. The van der Waals surface area contributed by atoms with Crippen LogP contribution < -0.4 is 0 Å². The van der Waals surface area contributed by atoms with Gasteiger partial charge in [0, 0.05) is 38.1 Å². The Morgan fingerprint density at radius 2 is 1.91 bits per heavy atom. The Morgan fingerprint density at radius 1 is 1.23 bits per heavy atom. The molecule has 1 heterocycles. The summed E-state index contributed by atoms with van der Waals surface area (Å²) in [4.78, 5) is 23.1. The molecule has 22 heavy (non-hydrogen) atoms. The van der Waals surface area contributed by atoms with Crippen LogP contribution in [0.3, 0.4) is 0 Å². The lowest BCUT2D eigenvalue weighted by molar-refractivity contribution is 0.0769. The molecular weight excluding hydrogens is 296 g/mol. The van der Waals surface area contributed by atoms with Crippen molar-refractivity contribution in [1.29, 1.82) is 0 Å². The molecular formula is C16H28N4OS. The fraction of sp³-hybridized carbons (Fsp3) is 0.750. The summed E-state index contributed by atoms with van der Waals surface area (Å²) in [5.74, 6) is 0.0288. The summed E-state index contributed by atoms with van der Waals surface area (Å²) in [5, 5.41) is 2.86. The predicted octanol–water partition coefficient (Wildman–Crippen LogP) is 2.15. The quantitative estimate of drug-likeness (QED) is 0.770. The standard InChI is InChI=1S/C16H28N4OS/c1-18(2)11-15-17-14(12-22-15)16(21)20(4)10-9-19(3)13-7-5-6-8-13/h12-13H,5-11H2,1-4H3. The van der Waals surface area contributed by atoms with Crippen LogP contribution in [0, 0.1) is 0 Å². The van der Waals surface area contributed by atoms with Crippen LogP contribution in [0.2, 0.25) is 0 Å². The maximum atomic E-state index is 12.4. The van der Waals surface area contributed by atoms with E-state index < -0.39 is 0 Å². The molecule has 0 atom stereocenters. The Balaban J connectivity index is 1.82. The van der Waals surface area contributed by atoms with Gasteiger partial charge in [-0.3, -0.25) is 4.79 Å². The molecule has 0 unspecified atom stereocenters. The van der Waals surface area contributed by atoms with Crippen molar-refractivity contribution >= 4 is 17.2 Å². The van der Waals surface area contributed by atoms with Crippen molar-refractivity contribution in [1.82, 2.24) is 19.7 Å². The van der Waals surface area contributed by atoms with E-state index in [0.29, 0.717) is 11.7 Å². The summed E-state index contributed by atoms with van der Waals surface area (Å²) in [5.41, 5.74) is 0.577. The summed E-state index contributed by atoms with van der Waals surface area (Å²) in [6.45, 7) is 2.47. The van der Waals surface area contributed by atoms with E-state index >= 15 is 0 Å². The molecule has 0 radical (unpaired) electrons. The second-order valence-corrected chi connectivity index (χ2v) is 7.45. The van der Waals surface area contributed by atoms with E-state index in [1.807, 2.05) is 26.5 Å². The molecule has 1 fully saturated rings. The highest BCUT2D eigenvalue weighted by Crippen LogP contribution is 2.22. The summed E-state index contributed by atoms with van der Waals surface area (Å²) < 4.78 is 0. The molecule has 1 aromatic rings. The zero-order chi connectivity index (χ0) is 16.1. The Labute approximate surface area is 137 Å². The lowest BCUT2D eigenvalue weighted by atomic mass is 10.2.